The minimum atomic E-state index is -0.226. The molecule has 0 saturated heterocycles. The number of amides is 2. The number of aryl methyl sites for hydroxylation is 2. The van der Waals surface area contributed by atoms with Crippen LogP contribution in [-0.4, -0.2) is 19.3 Å². The minimum absolute atomic E-state index is 0.129. The molecule has 1 aromatic carbocycles. The van der Waals surface area contributed by atoms with E-state index in [1.807, 2.05) is 39.8 Å². The van der Waals surface area contributed by atoms with E-state index in [-0.39, 0.29) is 12.8 Å². The van der Waals surface area contributed by atoms with Crippen molar-refractivity contribution in [3.05, 3.63) is 28.3 Å². The summed E-state index contributed by atoms with van der Waals surface area (Å²) in [5.41, 5.74) is 1.92. The monoisotopic (exact) mass is 284 g/mol. The van der Waals surface area contributed by atoms with Crippen molar-refractivity contribution in [2.24, 2.45) is 5.92 Å². The molecule has 0 heterocycles. The van der Waals surface area contributed by atoms with Crippen LogP contribution in [0.2, 0.25) is 5.02 Å². The Labute approximate surface area is 119 Å². The van der Waals surface area contributed by atoms with Crippen molar-refractivity contribution in [2.75, 3.05) is 13.3 Å². The van der Waals surface area contributed by atoms with Gasteiger partial charge in [-0.2, -0.15) is 0 Å². The molecule has 0 spiro atoms. The number of nitrogens with one attached hydrogen (secondary N) is 2. The normalized spacial score (nSPS) is 10.4. The molecule has 0 radical (unpaired) electrons. The van der Waals surface area contributed by atoms with Gasteiger partial charge in [-0.05, 0) is 43.0 Å². The summed E-state index contributed by atoms with van der Waals surface area (Å²) >= 11 is 6.07. The van der Waals surface area contributed by atoms with E-state index in [9.17, 15) is 4.79 Å². The van der Waals surface area contributed by atoms with Gasteiger partial charge in [0, 0.05) is 11.6 Å². The van der Waals surface area contributed by atoms with Crippen molar-refractivity contribution in [3.63, 3.8) is 0 Å². The van der Waals surface area contributed by atoms with Gasteiger partial charge in [-0.3, -0.25) is 0 Å². The average Bonchev–Trinajstić information content (AvgIpc) is 2.33. The smallest absolute Gasteiger partial charge is 0.317 e. The highest BCUT2D eigenvalue weighted by atomic mass is 35.5. The van der Waals surface area contributed by atoms with E-state index >= 15 is 0 Å². The van der Waals surface area contributed by atoms with Crippen LogP contribution < -0.4 is 15.4 Å². The Morgan fingerprint density at radius 2 is 1.84 bits per heavy atom. The van der Waals surface area contributed by atoms with Crippen molar-refractivity contribution >= 4 is 17.6 Å². The molecule has 2 N–H and O–H groups in total. The van der Waals surface area contributed by atoms with Crippen molar-refractivity contribution < 1.29 is 9.53 Å². The minimum Gasteiger partial charge on any atom is -0.473 e. The molecule has 0 atom stereocenters. The van der Waals surface area contributed by atoms with Gasteiger partial charge in [-0.25, -0.2) is 4.79 Å². The van der Waals surface area contributed by atoms with E-state index in [1.165, 1.54) is 0 Å². The van der Waals surface area contributed by atoms with Gasteiger partial charge < -0.3 is 15.4 Å². The summed E-state index contributed by atoms with van der Waals surface area (Å²) in [4.78, 5) is 11.4. The van der Waals surface area contributed by atoms with Crippen molar-refractivity contribution in [1.82, 2.24) is 10.6 Å². The molecule has 106 valence electrons. The highest BCUT2D eigenvalue weighted by Gasteiger charge is 2.04. The molecule has 0 aliphatic heterocycles. The van der Waals surface area contributed by atoms with Crippen LogP contribution in [0.4, 0.5) is 4.79 Å². The van der Waals surface area contributed by atoms with Crippen LogP contribution in [0.1, 0.15) is 25.0 Å². The first-order valence-corrected chi connectivity index (χ1v) is 6.69. The molecular formula is C14H21ClN2O2. The molecule has 0 aromatic heterocycles. The first-order chi connectivity index (χ1) is 8.90. The Bertz CT molecular complexity index is 424. The largest absolute Gasteiger partial charge is 0.473 e. The molecule has 19 heavy (non-hydrogen) atoms. The van der Waals surface area contributed by atoms with E-state index in [2.05, 4.69) is 10.6 Å². The van der Waals surface area contributed by atoms with Gasteiger partial charge in [-0.15, -0.1) is 0 Å². The van der Waals surface area contributed by atoms with Crippen molar-refractivity contribution in [1.29, 1.82) is 0 Å². The molecule has 5 heteroatoms. The molecule has 0 fully saturated rings. The third-order valence-corrected chi connectivity index (χ3v) is 3.15. The predicted molar refractivity (Wildman–Crippen MR) is 77.8 cm³/mol. The Kier molecular flexibility index (Phi) is 5.96. The summed E-state index contributed by atoms with van der Waals surface area (Å²) in [6, 6.07) is 3.47. The van der Waals surface area contributed by atoms with Gasteiger partial charge in [0.15, 0.2) is 6.73 Å². The number of hydrogen-bond donors (Lipinski definition) is 2. The topological polar surface area (TPSA) is 50.4 Å². The number of hydrogen-bond acceptors (Lipinski definition) is 2. The van der Waals surface area contributed by atoms with Gasteiger partial charge in [-0.1, -0.05) is 25.4 Å². The zero-order valence-electron chi connectivity index (χ0n) is 11.8. The lowest BCUT2D eigenvalue weighted by Gasteiger charge is -2.12. The second-order valence-electron chi connectivity index (χ2n) is 4.94. The van der Waals surface area contributed by atoms with Crippen LogP contribution in [0.25, 0.3) is 0 Å². The third-order valence-electron chi connectivity index (χ3n) is 2.55. The third kappa shape index (κ3) is 5.39. The van der Waals surface area contributed by atoms with E-state index in [0.29, 0.717) is 18.2 Å². The molecule has 0 aliphatic carbocycles. The van der Waals surface area contributed by atoms with Gasteiger partial charge >= 0.3 is 6.03 Å². The van der Waals surface area contributed by atoms with Crippen LogP contribution in [0.5, 0.6) is 5.75 Å². The zero-order chi connectivity index (χ0) is 14.4. The van der Waals surface area contributed by atoms with E-state index in [1.54, 1.807) is 0 Å². The number of urea groups is 1. The summed E-state index contributed by atoms with van der Waals surface area (Å²) in [6.07, 6.45) is 0. The maximum atomic E-state index is 11.4. The second-order valence-corrected chi connectivity index (χ2v) is 5.32. The summed E-state index contributed by atoms with van der Waals surface area (Å²) in [5, 5.41) is 6.13. The standard InChI is InChI=1S/C14H21ClN2O2/c1-9(2)7-16-14(18)17-8-19-12-5-10(3)13(15)11(4)6-12/h5-6,9H,7-8H2,1-4H3,(H2,16,17,18). The number of halogens is 1. The molecule has 2 amide bonds. The van der Waals surface area contributed by atoms with Crippen LogP contribution >= 0.6 is 11.6 Å². The zero-order valence-corrected chi connectivity index (χ0v) is 12.6. The summed E-state index contributed by atoms with van der Waals surface area (Å²) in [5.74, 6) is 1.12. The lowest BCUT2D eigenvalue weighted by Crippen LogP contribution is -2.39. The Balaban J connectivity index is 2.39. The lowest BCUT2D eigenvalue weighted by atomic mass is 10.1. The first kappa shape index (κ1) is 15.6. The Morgan fingerprint density at radius 3 is 2.37 bits per heavy atom. The van der Waals surface area contributed by atoms with E-state index in [0.717, 1.165) is 16.1 Å². The number of benzene rings is 1. The number of carbonyl (C=O) groups excluding carboxylic acids is 1. The van der Waals surface area contributed by atoms with Crippen molar-refractivity contribution in [3.8, 4) is 5.75 Å². The van der Waals surface area contributed by atoms with Gasteiger partial charge in [0.05, 0.1) is 0 Å². The quantitative estimate of drug-likeness (QED) is 0.816. The second kappa shape index (κ2) is 7.24. The molecular weight excluding hydrogens is 264 g/mol. The summed E-state index contributed by atoms with van der Waals surface area (Å²) < 4.78 is 5.47. The number of rotatable bonds is 5. The summed E-state index contributed by atoms with van der Waals surface area (Å²) in [6.45, 7) is 8.69. The molecule has 0 saturated carbocycles. The first-order valence-electron chi connectivity index (χ1n) is 6.31. The average molecular weight is 285 g/mol. The van der Waals surface area contributed by atoms with Crippen LogP contribution in [0.3, 0.4) is 0 Å². The van der Waals surface area contributed by atoms with Gasteiger partial charge in [0.2, 0.25) is 0 Å². The molecule has 1 aromatic rings. The number of ether oxygens (including phenoxy) is 1. The fourth-order valence-electron chi connectivity index (χ4n) is 1.53. The Hall–Kier alpha value is -1.42. The van der Waals surface area contributed by atoms with Gasteiger partial charge in [0.25, 0.3) is 0 Å². The SMILES string of the molecule is Cc1cc(OCNC(=O)NCC(C)C)cc(C)c1Cl. The molecule has 0 aliphatic rings. The lowest BCUT2D eigenvalue weighted by molar-refractivity contribution is 0.223. The van der Waals surface area contributed by atoms with E-state index in [4.69, 9.17) is 16.3 Å². The fraction of sp³-hybridized carbons (Fsp3) is 0.500. The fourth-order valence-corrected chi connectivity index (χ4v) is 1.64. The maximum absolute atomic E-state index is 11.4. The van der Waals surface area contributed by atoms with Crippen LogP contribution in [0, 0.1) is 19.8 Å². The molecule has 0 bridgehead atoms. The predicted octanol–water partition coefficient (Wildman–Crippen LogP) is 3.25. The number of carbonyl (C=O) groups is 1. The molecule has 1 rings (SSSR count). The van der Waals surface area contributed by atoms with Crippen LogP contribution in [-0.2, 0) is 0 Å². The summed E-state index contributed by atoms with van der Waals surface area (Å²) in [7, 11) is 0. The van der Waals surface area contributed by atoms with Gasteiger partial charge in [0.1, 0.15) is 5.75 Å². The highest BCUT2D eigenvalue weighted by Crippen LogP contribution is 2.25. The highest BCUT2D eigenvalue weighted by molar-refractivity contribution is 6.32. The van der Waals surface area contributed by atoms with Crippen LogP contribution in [0.15, 0.2) is 12.1 Å². The van der Waals surface area contributed by atoms with Crippen molar-refractivity contribution in [2.45, 2.75) is 27.7 Å². The Morgan fingerprint density at radius 1 is 1.26 bits per heavy atom. The molecule has 4 nitrogen and oxygen atoms in total. The maximum Gasteiger partial charge on any atom is 0.317 e. The molecule has 0 unspecified atom stereocenters. The van der Waals surface area contributed by atoms with E-state index < -0.39 is 0 Å².